The predicted molar refractivity (Wildman–Crippen MR) is 101 cm³/mol. The van der Waals surface area contributed by atoms with Gasteiger partial charge in [-0.2, -0.15) is 0 Å². The number of nitrogens with zero attached hydrogens (tertiary/aromatic N) is 5. The Morgan fingerprint density at radius 1 is 1.22 bits per heavy atom. The largest absolute Gasteiger partial charge is 0.478 e. The molecule has 0 saturated carbocycles. The van der Waals surface area contributed by atoms with Gasteiger partial charge in [0.05, 0.1) is 12.8 Å². The van der Waals surface area contributed by atoms with Crippen molar-refractivity contribution >= 4 is 11.7 Å². The maximum atomic E-state index is 12.9. The van der Waals surface area contributed by atoms with Gasteiger partial charge in [0.1, 0.15) is 23.7 Å². The summed E-state index contributed by atoms with van der Waals surface area (Å²) < 4.78 is 7.52. The number of carbonyl (C=O) groups excluding carboxylic acids is 1. The highest BCUT2D eigenvalue weighted by Crippen LogP contribution is 2.21. The molecule has 0 bridgehead atoms. The molecule has 0 unspecified atom stereocenters. The van der Waals surface area contributed by atoms with Crippen LogP contribution in [0.25, 0.3) is 0 Å². The number of imidazole rings is 1. The van der Waals surface area contributed by atoms with Crippen LogP contribution in [0.5, 0.6) is 5.88 Å². The van der Waals surface area contributed by atoms with E-state index in [1.165, 1.54) is 6.33 Å². The number of nitrogens with one attached hydrogen (secondary N) is 1. The number of aryl methyl sites for hydroxylation is 1. The van der Waals surface area contributed by atoms with Gasteiger partial charge in [-0.1, -0.05) is 0 Å². The molecule has 0 aromatic carbocycles. The van der Waals surface area contributed by atoms with Crippen LogP contribution in [0.1, 0.15) is 48.9 Å². The summed E-state index contributed by atoms with van der Waals surface area (Å²) in [5, 5.41) is 3.44. The lowest BCUT2D eigenvalue weighted by Gasteiger charge is -2.33. The number of fused-ring (bicyclic) bond motifs is 1. The van der Waals surface area contributed by atoms with Gasteiger partial charge in [-0.25, -0.2) is 15.0 Å². The topological polar surface area (TPSA) is 85.2 Å². The van der Waals surface area contributed by atoms with Gasteiger partial charge in [-0.05, 0) is 32.6 Å². The monoisotopic (exact) mass is 370 g/mol. The molecule has 2 aliphatic heterocycles. The van der Waals surface area contributed by atoms with E-state index < -0.39 is 0 Å². The van der Waals surface area contributed by atoms with Crippen LogP contribution in [0.4, 0.5) is 5.82 Å². The number of aromatic nitrogens is 4. The molecule has 0 radical (unpaired) electrons. The highest BCUT2D eigenvalue weighted by atomic mass is 16.5. The minimum atomic E-state index is 0.106. The van der Waals surface area contributed by atoms with Crippen LogP contribution in [0, 0.1) is 0 Å². The Morgan fingerprint density at radius 3 is 2.89 bits per heavy atom. The summed E-state index contributed by atoms with van der Waals surface area (Å²) in [5.74, 6) is 2.50. The number of piperidine rings is 1. The van der Waals surface area contributed by atoms with Crippen LogP contribution in [-0.2, 0) is 13.0 Å². The van der Waals surface area contributed by atoms with E-state index in [0.29, 0.717) is 12.5 Å². The molecule has 2 aromatic heterocycles. The highest BCUT2D eigenvalue weighted by molar-refractivity contribution is 5.92. The molecule has 1 fully saturated rings. The average molecular weight is 370 g/mol. The molecular formula is C19H26N6O2. The quantitative estimate of drug-likeness (QED) is 0.868. The minimum absolute atomic E-state index is 0.106. The van der Waals surface area contributed by atoms with E-state index >= 15 is 0 Å². The fraction of sp³-hybridized carbons (Fsp3) is 0.579. The average Bonchev–Trinajstić information content (AvgIpc) is 3.13. The maximum Gasteiger partial charge on any atom is 0.272 e. The van der Waals surface area contributed by atoms with Gasteiger partial charge in [-0.3, -0.25) is 4.79 Å². The van der Waals surface area contributed by atoms with E-state index in [1.54, 1.807) is 6.20 Å². The lowest BCUT2D eigenvalue weighted by molar-refractivity contribution is 0.0706. The molecule has 2 aromatic rings. The zero-order valence-corrected chi connectivity index (χ0v) is 15.7. The molecule has 8 heteroatoms. The van der Waals surface area contributed by atoms with E-state index in [-0.39, 0.29) is 11.9 Å². The lowest BCUT2D eigenvalue weighted by Crippen LogP contribution is -2.43. The van der Waals surface area contributed by atoms with E-state index in [4.69, 9.17) is 4.74 Å². The molecule has 4 rings (SSSR count). The maximum absolute atomic E-state index is 12.9. The van der Waals surface area contributed by atoms with Crippen LogP contribution >= 0.6 is 0 Å². The molecule has 4 heterocycles. The van der Waals surface area contributed by atoms with Gasteiger partial charge in [-0.15, -0.1) is 0 Å². The highest BCUT2D eigenvalue weighted by Gasteiger charge is 2.27. The normalized spacial score (nSPS) is 17.4. The number of amides is 1. The zero-order chi connectivity index (χ0) is 18.6. The van der Waals surface area contributed by atoms with Gasteiger partial charge in [0.15, 0.2) is 0 Å². The first-order chi connectivity index (χ1) is 13.2. The van der Waals surface area contributed by atoms with Crippen molar-refractivity contribution in [1.82, 2.24) is 24.4 Å². The Labute approximate surface area is 159 Å². The number of hydrogen-bond acceptors (Lipinski definition) is 6. The Morgan fingerprint density at radius 2 is 2.07 bits per heavy atom. The van der Waals surface area contributed by atoms with Gasteiger partial charge < -0.3 is 19.5 Å². The van der Waals surface area contributed by atoms with Crippen molar-refractivity contribution in [3.63, 3.8) is 0 Å². The van der Waals surface area contributed by atoms with Gasteiger partial charge in [0.25, 0.3) is 5.91 Å². The van der Waals surface area contributed by atoms with Crippen molar-refractivity contribution in [2.45, 2.75) is 51.6 Å². The second-order valence-electron chi connectivity index (χ2n) is 7.05. The molecule has 144 valence electrons. The molecule has 0 aliphatic carbocycles. The summed E-state index contributed by atoms with van der Waals surface area (Å²) in [6, 6.07) is 2.11. The number of carbonyl (C=O) groups is 1. The first kappa shape index (κ1) is 17.8. The number of anilines is 1. The van der Waals surface area contributed by atoms with E-state index in [0.717, 1.165) is 69.1 Å². The van der Waals surface area contributed by atoms with Crippen LogP contribution in [0.2, 0.25) is 0 Å². The van der Waals surface area contributed by atoms with Crippen LogP contribution < -0.4 is 10.1 Å². The minimum Gasteiger partial charge on any atom is -0.478 e. The summed E-state index contributed by atoms with van der Waals surface area (Å²) in [6.45, 7) is 4.89. The number of likely N-dealkylation sites (tertiary alicyclic amines) is 1. The van der Waals surface area contributed by atoms with Gasteiger partial charge in [0.2, 0.25) is 5.88 Å². The van der Waals surface area contributed by atoms with Gasteiger partial charge in [0, 0.05) is 38.2 Å². The Kier molecular flexibility index (Phi) is 5.22. The SMILES string of the molecule is CCOc1cc(NC2CCN(C(=O)c3cnc4n3CCCC4)CC2)ncn1. The van der Waals surface area contributed by atoms with Crippen molar-refractivity contribution in [1.29, 1.82) is 0 Å². The van der Waals surface area contributed by atoms with Crippen molar-refractivity contribution in [3.8, 4) is 5.88 Å². The molecule has 8 nitrogen and oxygen atoms in total. The molecular weight excluding hydrogens is 344 g/mol. The standard InChI is InChI=1S/C19H26N6O2/c1-2-27-18-11-16(21-13-22-18)23-14-6-9-24(10-7-14)19(26)15-12-20-17-5-3-4-8-25(15)17/h11-14H,2-10H2,1H3,(H,21,22,23). The zero-order valence-electron chi connectivity index (χ0n) is 15.7. The summed E-state index contributed by atoms with van der Waals surface area (Å²) in [6.07, 6.45) is 8.30. The third kappa shape index (κ3) is 3.89. The molecule has 1 saturated heterocycles. The van der Waals surface area contributed by atoms with Crippen LogP contribution in [-0.4, -0.2) is 56.1 Å². The first-order valence-corrected chi connectivity index (χ1v) is 9.79. The lowest BCUT2D eigenvalue weighted by atomic mass is 10.0. The third-order valence-corrected chi connectivity index (χ3v) is 5.26. The smallest absolute Gasteiger partial charge is 0.272 e. The summed E-state index contributed by atoms with van der Waals surface area (Å²) in [4.78, 5) is 27.7. The Balaban J connectivity index is 1.34. The van der Waals surface area contributed by atoms with Crippen molar-refractivity contribution in [2.24, 2.45) is 0 Å². The number of hydrogen-bond donors (Lipinski definition) is 1. The van der Waals surface area contributed by atoms with E-state index in [2.05, 4.69) is 24.8 Å². The van der Waals surface area contributed by atoms with Crippen molar-refractivity contribution in [3.05, 3.63) is 30.1 Å². The summed E-state index contributed by atoms with van der Waals surface area (Å²) in [7, 11) is 0. The second kappa shape index (κ2) is 7.94. The third-order valence-electron chi connectivity index (χ3n) is 5.26. The molecule has 1 N–H and O–H groups in total. The van der Waals surface area contributed by atoms with Crippen LogP contribution in [0.15, 0.2) is 18.6 Å². The second-order valence-corrected chi connectivity index (χ2v) is 7.05. The Hall–Kier alpha value is -2.64. The number of rotatable bonds is 5. The Bertz CT molecular complexity index is 797. The molecule has 27 heavy (non-hydrogen) atoms. The molecule has 0 spiro atoms. The van der Waals surface area contributed by atoms with Gasteiger partial charge >= 0.3 is 0 Å². The first-order valence-electron chi connectivity index (χ1n) is 9.79. The van der Waals surface area contributed by atoms with E-state index in [9.17, 15) is 4.79 Å². The molecule has 0 atom stereocenters. The summed E-state index contributed by atoms with van der Waals surface area (Å²) in [5.41, 5.74) is 0.744. The predicted octanol–water partition coefficient (Wildman–Crippen LogP) is 2.12. The number of ether oxygens (including phenoxy) is 1. The van der Waals surface area contributed by atoms with Crippen molar-refractivity contribution in [2.75, 3.05) is 25.0 Å². The fourth-order valence-corrected chi connectivity index (χ4v) is 3.83. The molecule has 1 amide bonds. The molecule has 2 aliphatic rings. The van der Waals surface area contributed by atoms with Crippen molar-refractivity contribution < 1.29 is 9.53 Å². The van der Waals surface area contributed by atoms with E-state index in [1.807, 2.05) is 17.9 Å². The fourth-order valence-electron chi connectivity index (χ4n) is 3.83. The van der Waals surface area contributed by atoms with Crippen LogP contribution in [0.3, 0.4) is 0 Å². The summed E-state index contributed by atoms with van der Waals surface area (Å²) >= 11 is 0.